The van der Waals surface area contributed by atoms with E-state index in [9.17, 15) is 0 Å². The zero-order chi connectivity index (χ0) is 8.81. The van der Waals surface area contributed by atoms with Crippen molar-refractivity contribution >= 4 is 22.6 Å². The molecule has 66 valence electrons. The molecule has 1 aromatic carbocycles. The molecule has 0 aliphatic rings. The summed E-state index contributed by atoms with van der Waals surface area (Å²) in [5.41, 5.74) is 1.39. The number of benzene rings is 1. The summed E-state index contributed by atoms with van der Waals surface area (Å²) >= 11 is 2.40. The Balaban J connectivity index is 2.41. The normalized spacial score (nSPS) is 10.6. The Kier molecular flexibility index (Phi) is 4.61. The molecule has 0 saturated heterocycles. The van der Waals surface area contributed by atoms with Gasteiger partial charge in [0.2, 0.25) is 0 Å². The predicted octanol–water partition coefficient (Wildman–Crippen LogP) is 2.55. The third-order valence-corrected chi connectivity index (χ3v) is 2.24. The van der Waals surface area contributed by atoms with Gasteiger partial charge in [-0.15, -0.1) is 0 Å². The van der Waals surface area contributed by atoms with E-state index in [0.717, 1.165) is 13.1 Å². The highest BCUT2D eigenvalue weighted by molar-refractivity contribution is 14.1. The van der Waals surface area contributed by atoms with Gasteiger partial charge in [0.1, 0.15) is 0 Å². The molecule has 1 rings (SSSR count). The average molecular weight is 275 g/mol. The van der Waals surface area contributed by atoms with Gasteiger partial charge in [0, 0.05) is 17.5 Å². The van der Waals surface area contributed by atoms with Crippen LogP contribution in [-0.2, 0) is 6.54 Å². The van der Waals surface area contributed by atoms with E-state index >= 15 is 0 Å². The summed E-state index contributed by atoms with van der Waals surface area (Å²) in [7, 11) is 2.16. The molecule has 12 heavy (non-hydrogen) atoms. The van der Waals surface area contributed by atoms with Crippen LogP contribution in [0.25, 0.3) is 0 Å². The number of halogens is 1. The zero-order valence-electron chi connectivity index (χ0n) is 7.33. The highest BCUT2D eigenvalue weighted by atomic mass is 127. The fourth-order valence-corrected chi connectivity index (χ4v) is 1.94. The van der Waals surface area contributed by atoms with Gasteiger partial charge in [0.25, 0.3) is 0 Å². The molecule has 0 bridgehead atoms. The lowest BCUT2D eigenvalue weighted by Gasteiger charge is -2.14. The Bertz CT molecular complexity index is 210. The predicted molar refractivity (Wildman–Crippen MR) is 61.7 cm³/mol. The molecule has 0 radical (unpaired) electrons. The number of rotatable bonds is 4. The van der Waals surface area contributed by atoms with E-state index in [-0.39, 0.29) is 0 Å². The van der Waals surface area contributed by atoms with Gasteiger partial charge in [0.05, 0.1) is 0 Å². The number of nitrogens with zero attached hydrogens (tertiary/aromatic N) is 1. The topological polar surface area (TPSA) is 3.24 Å². The molecule has 1 aromatic rings. The largest absolute Gasteiger partial charge is 0.301 e. The Labute approximate surface area is 87.9 Å². The molecule has 0 aromatic heterocycles. The summed E-state index contributed by atoms with van der Waals surface area (Å²) < 4.78 is 1.20. The second kappa shape index (κ2) is 5.54. The second-order valence-corrected chi connectivity index (χ2v) is 3.99. The van der Waals surface area contributed by atoms with Crippen LogP contribution in [0.1, 0.15) is 5.56 Å². The molecule has 0 saturated carbocycles. The number of alkyl halides is 1. The summed E-state index contributed by atoms with van der Waals surface area (Å²) in [5, 5.41) is 0. The molecule has 0 N–H and O–H groups in total. The molecular formula is C10H14IN. The van der Waals surface area contributed by atoms with Crippen molar-refractivity contribution in [1.29, 1.82) is 0 Å². The molecule has 0 fully saturated rings. The van der Waals surface area contributed by atoms with Crippen LogP contribution in [0.2, 0.25) is 0 Å². The van der Waals surface area contributed by atoms with Gasteiger partial charge >= 0.3 is 0 Å². The summed E-state index contributed by atoms with van der Waals surface area (Å²) in [5.74, 6) is 0. The second-order valence-electron chi connectivity index (χ2n) is 2.91. The third-order valence-electron chi connectivity index (χ3n) is 1.76. The molecule has 0 spiro atoms. The van der Waals surface area contributed by atoms with Crippen molar-refractivity contribution in [2.45, 2.75) is 6.54 Å². The lowest BCUT2D eigenvalue weighted by atomic mass is 10.2. The van der Waals surface area contributed by atoms with Crippen LogP contribution in [0.4, 0.5) is 0 Å². The van der Waals surface area contributed by atoms with Crippen LogP contribution in [0.5, 0.6) is 0 Å². The lowest BCUT2D eigenvalue weighted by molar-refractivity contribution is 0.351. The number of hydrogen-bond donors (Lipinski definition) is 0. The van der Waals surface area contributed by atoms with Crippen molar-refractivity contribution in [2.24, 2.45) is 0 Å². The van der Waals surface area contributed by atoms with E-state index in [1.54, 1.807) is 0 Å². The molecule has 0 atom stereocenters. The van der Waals surface area contributed by atoms with Gasteiger partial charge in [0.15, 0.2) is 0 Å². The first kappa shape index (κ1) is 9.99. The maximum absolute atomic E-state index is 2.40. The van der Waals surface area contributed by atoms with Crippen LogP contribution >= 0.6 is 22.6 Å². The van der Waals surface area contributed by atoms with E-state index in [1.807, 2.05) is 0 Å². The molecular weight excluding hydrogens is 261 g/mol. The minimum absolute atomic E-state index is 1.06. The molecule has 1 nitrogen and oxygen atoms in total. The van der Waals surface area contributed by atoms with E-state index in [4.69, 9.17) is 0 Å². The minimum atomic E-state index is 1.06. The van der Waals surface area contributed by atoms with Crippen molar-refractivity contribution < 1.29 is 0 Å². The summed E-state index contributed by atoms with van der Waals surface area (Å²) in [6, 6.07) is 10.6. The van der Waals surface area contributed by atoms with Crippen LogP contribution in [0, 0.1) is 0 Å². The molecule has 0 amide bonds. The molecule has 0 aliphatic heterocycles. The Morgan fingerprint density at radius 3 is 2.50 bits per heavy atom. The summed E-state index contributed by atoms with van der Waals surface area (Å²) in [6.45, 7) is 2.22. The zero-order valence-corrected chi connectivity index (χ0v) is 9.49. The van der Waals surface area contributed by atoms with Gasteiger partial charge in [-0.1, -0.05) is 52.9 Å². The van der Waals surface area contributed by atoms with Crippen molar-refractivity contribution in [2.75, 3.05) is 18.0 Å². The Hall–Kier alpha value is -0.0900. The van der Waals surface area contributed by atoms with E-state index in [1.165, 1.54) is 9.99 Å². The quantitative estimate of drug-likeness (QED) is 0.603. The van der Waals surface area contributed by atoms with Crippen LogP contribution in [0.15, 0.2) is 30.3 Å². The standard InChI is InChI=1S/C10H14IN/c1-12(8-7-11)9-10-5-3-2-4-6-10/h2-6H,7-9H2,1H3. The summed E-state index contributed by atoms with van der Waals surface area (Å²) in [6.07, 6.45) is 0. The summed E-state index contributed by atoms with van der Waals surface area (Å²) in [4.78, 5) is 2.34. The Morgan fingerprint density at radius 1 is 1.25 bits per heavy atom. The Morgan fingerprint density at radius 2 is 1.92 bits per heavy atom. The fraction of sp³-hybridized carbons (Fsp3) is 0.400. The maximum atomic E-state index is 2.40. The molecule has 0 heterocycles. The van der Waals surface area contributed by atoms with Crippen molar-refractivity contribution in [1.82, 2.24) is 4.90 Å². The van der Waals surface area contributed by atoms with Crippen LogP contribution in [-0.4, -0.2) is 22.9 Å². The average Bonchev–Trinajstić information content (AvgIpc) is 2.06. The van der Waals surface area contributed by atoms with E-state index in [2.05, 4.69) is 64.9 Å². The first-order valence-electron chi connectivity index (χ1n) is 4.11. The molecule has 0 unspecified atom stereocenters. The van der Waals surface area contributed by atoms with Gasteiger partial charge in [-0.2, -0.15) is 0 Å². The smallest absolute Gasteiger partial charge is 0.0230 e. The van der Waals surface area contributed by atoms with E-state index in [0.29, 0.717) is 0 Å². The van der Waals surface area contributed by atoms with Crippen molar-refractivity contribution in [3.8, 4) is 0 Å². The van der Waals surface area contributed by atoms with Crippen LogP contribution < -0.4 is 0 Å². The van der Waals surface area contributed by atoms with Crippen molar-refractivity contribution in [3.63, 3.8) is 0 Å². The van der Waals surface area contributed by atoms with Gasteiger partial charge in [-0.25, -0.2) is 0 Å². The minimum Gasteiger partial charge on any atom is -0.301 e. The highest BCUT2D eigenvalue weighted by Crippen LogP contribution is 2.02. The first-order valence-corrected chi connectivity index (χ1v) is 5.64. The van der Waals surface area contributed by atoms with Crippen molar-refractivity contribution in [3.05, 3.63) is 35.9 Å². The third kappa shape index (κ3) is 3.54. The monoisotopic (exact) mass is 275 g/mol. The first-order chi connectivity index (χ1) is 5.83. The van der Waals surface area contributed by atoms with Gasteiger partial charge in [-0.05, 0) is 12.6 Å². The maximum Gasteiger partial charge on any atom is 0.0230 e. The molecule has 2 heteroatoms. The molecule has 0 aliphatic carbocycles. The highest BCUT2D eigenvalue weighted by Gasteiger charge is 1.96. The lowest BCUT2D eigenvalue weighted by Crippen LogP contribution is -2.19. The van der Waals surface area contributed by atoms with E-state index < -0.39 is 0 Å². The fourth-order valence-electron chi connectivity index (χ4n) is 1.12. The van der Waals surface area contributed by atoms with Crippen LogP contribution in [0.3, 0.4) is 0 Å². The van der Waals surface area contributed by atoms with Gasteiger partial charge < -0.3 is 4.90 Å². The SMILES string of the molecule is CN(CCI)Cc1ccccc1. The number of hydrogen-bond acceptors (Lipinski definition) is 1. The van der Waals surface area contributed by atoms with Gasteiger partial charge in [-0.3, -0.25) is 0 Å².